The van der Waals surface area contributed by atoms with Crippen LogP contribution in [0.5, 0.6) is 11.5 Å². The molecule has 1 N–H and O–H groups in total. The summed E-state index contributed by atoms with van der Waals surface area (Å²) >= 11 is 1.38. The first-order valence-electron chi connectivity index (χ1n) is 9.15. The molecule has 138 valence electrons. The van der Waals surface area contributed by atoms with Gasteiger partial charge in [0.15, 0.2) is 11.5 Å². The van der Waals surface area contributed by atoms with Gasteiger partial charge in [-0.25, -0.2) is 0 Å². The van der Waals surface area contributed by atoms with Gasteiger partial charge in [-0.3, -0.25) is 4.79 Å². The SMILES string of the molecule is Cc1ccccc1[C@H]1CCN(CCNC(=O)c2scc3c2OCCO3)C1. The van der Waals surface area contributed by atoms with Crippen molar-refractivity contribution >= 4 is 17.2 Å². The fourth-order valence-electron chi connectivity index (χ4n) is 3.76. The van der Waals surface area contributed by atoms with E-state index in [1.54, 1.807) is 0 Å². The zero-order valence-electron chi connectivity index (χ0n) is 15.0. The van der Waals surface area contributed by atoms with E-state index in [1.807, 2.05) is 5.38 Å². The summed E-state index contributed by atoms with van der Waals surface area (Å²) < 4.78 is 11.1. The molecule has 0 saturated carbocycles. The maximum Gasteiger partial charge on any atom is 0.265 e. The van der Waals surface area contributed by atoms with Gasteiger partial charge in [0.2, 0.25) is 0 Å². The van der Waals surface area contributed by atoms with Gasteiger partial charge in [0.1, 0.15) is 18.1 Å². The average molecular weight is 372 g/mol. The molecule has 3 heterocycles. The van der Waals surface area contributed by atoms with Crippen LogP contribution in [0.25, 0.3) is 0 Å². The first kappa shape index (κ1) is 17.4. The minimum atomic E-state index is -0.0728. The normalized spacial score (nSPS) is 19.5. The number of hydrogen-bond acceptors (Lipinski definition) is 5. The third kappa shape index (κ3) is 3.57. The van der Waals surface area contributed by atoms with Gasteiger partial charge in [0.25, 0.3) is 5.91 Å². The largest absolute Gasteiger partial charge is 0.485 e. The Bertz CT molecular complexity index is 789. The number of likely N-dealkylation sites (tertiary alicyclic amines) is 1. The number of amides is 1. The lowest BCUT2D eigenvalue weighted by Crippen LogP contribution is -2.33. The highest BCUT2D eigenvalue weighted by molar-refractivity contribution is 7.12. The van der Waals surface area contributed by atoms with Gasteiger partial charge in [-0.1, -0.05) is 24.3 Å². The molecule has 26 heavy (non-hydrogen) atoms. The van der Waals surface area contributed by atoms with Crippen LogP contribution in [0.1, 0.15) is 33.1 Å². The van der Waals surface area contributed by atoms with Crippen LogP contribution in [0.15, 0.2) is 29.6 Å². The van der Waals surface area contributed by atoms with Gasteiger partial charge in [-0.15, -0.1) is 11.3 Å². The van der Waals surface area contributed by atoms with Crippen LogP contribution >= 0.6 is 11.3 Å². The van der Waals surface area contributed by atoms with Crippen molar-refractivity contribution in [3.05, 3.63) is 45.6 Å². The van der Waals surface area contributed by atoms with Crippen molar-refractivity contribution in [1.29, 1.82) is 0 Å². The first-order chi connectivity index (χ1) is 12.7. The fourth-order valence-corrected chi connectivity index (χ4v) is 4.61. The molecule has 1 saturated heterocycles. The third-order valence-electron chi connectivity index (χ3n) is 5.12. The van der Waals surface area contributed by atoms with Gasteiger partial charge >= 0.3 is 0 Å². The minimum Gasteiger partial charge on any atom is -0.485 e. The molecule has 0 aliphatic carbocycles. The number of benzene rings is 1. The molecule has 5 nitrogen and oxygen atoms in total. The van der Waals surface area contributed by atoms with Crippen molar-refractivity contribution in [3.8, 4) is 11.5 Å². The second kappa shape index (κ2) is 7.68. The molecule has 1 amide bonds. The van der Waals surface area contributed by atoms with Gasteiger partial charge < -0.3 is 19.7 Å². The number of nitrogens with one attached hydrogen (secondary N) is 1. The number of hydrogen-bond donors (Lipinski definition) is 1. The Labute approximate surface area is 157 Å². The minimum absolute atomic E-state index is 0.0728. The molecule has 2 aliphatic rings. The van der Waals surface area contributed by atoms with Crippen molar-refractivity contribution in [2.45, 2.75) is 19.3 Å². The standard InChI is InChI=1S/C20H24N2O3S/c1-14-4-2-3-5-16(14)15-6-8-22(12-15)9-7-21-20(23)19-18-17(13-26-19)24-10-11-25-18/h2-5,13,15H,6-12H2,1H3,(H,21,23)/t15-/m0/s1. The lowest BCUT2D eigenvalue weighted by atomic mass is 9.94. The smallest absolute Gasteiger partial charge is 0.265 e. The van der Waals surface area contributed by atoms with E-state index in [-0.39, 0.29) is 5.91 Å². The van der Waals surface area contributed by atoms with Crippen molar-refractivity contribution < 1.29 is 14.3 Å². The highest BCUT2D eigenvalue weighted by Gasteiger charge is 2.26. The average Bonchev–Trinajstić information content (AvgIpc) is 3.29. The molecule has 1 aromatic heterocycles. The molecule has 2 aromatic rings. The predicted molar refractivity (Wildman–Crippen MR) is 103 cm³/mol. The molecular weight excluding hydrogens is 348 g/mol. The Morgan fingerprint density at radius 3 is 3.04 bits per heavy atom. The number of thiophene rings is 1. The second-order valence-electron chi connectivity index (χ2n) is 6.85. The quantitative estimate of drug-likeness (QED) is 0.876. The van der Waals surface area contributed by atoms with E-state index in [2.05, 4.69) is 41.4 Å². The van der Waals surface area contributed by atoms with E-state index in [9.17, 15) is 4.79 Å². The van der Waals surface area contributed by atoms with Gasteiger partial charge in [0, 0.05) is 25.0 Å². The summed E-state index contributed by atoms with van der Waals surface area (Å²) in [6, 6.07) is 8.65. The molecule has 4 rings (SSSR count). The van der Waals surface area contributed by atoms with Crippen molar-refractivity contribution in [2.75, 3.05) is 39.4 Å². The van der Waals surface area contributed by atoms with Gasteiger partial charge in [0.05, 0.1) is 0 Å². The highest BCUT2D eigenvalue weighted by atomic mass is 32.1. The lowest BCUT2D eigenvalue weighted by Gasteiger charge is -2.18. The summed E-state index contributed by atoms with van der Waals surface area (Å²) in [5, 5.41) is 4.87. The summed E-state index contributed by atoms with van der Waals surface area (Å²) in [6.45, 7) is 6.89. The van der Waals surface area contributed by atoms with E-state index >= 15 is 0 Å². The molecule has 0 radical (unpaired) electrons. The number of fused-ring (bicyclic) bond motifs is 1. The number of carbonyl (C=O) groups excluding carboxylic acids is 1. The Hall–Kier alpha value is -2.05. The summed E-state index contributed by atoms with van der Waals surface area (Å²) in [5.41, 5.74) is 2.83. The maximum atomic E-state index is 12.4. The van der Waals surface area contributed by atoms with Crippen LogP contribution in [0.2, 0.25) is 0 Å². The molecule has 0 spiro atoms. The molecule has 2 aliphatic heterocycles. The topological polar surface area (TPSA) is 50.8 Å². The van der Waals surface area contributed by atoms with E-state index in [0.29, 0.717) is 42.1 Å². The van der Waals surface area contributed by atoms with Crippen LogP contribution in [-0.2, 0) is 0 Å². The third-order valence-corrected chi connectivity index (χ3v) is 6.06. The molecule has 1 fully saturated rings. The number of aryl methyl sites for hydroxylation is 1. The molecule has 6 heteroatoms. The van der Waals surface area contributed by atoms with Crippen LogP contribution in [0, 0.1) is 6.92 Å². The van der Waals surface area contributed by atoms with Crippen LogP contribution < -0.4 is 14.8 Å². The number of carbonyl (C=O) groups is 1. The van der Waals surface area contributed by atoms with E-state index < -0.39 is 0 Å². The Kier molecular flexibility index (Phi) is 5.13. The molecule has 1 atom stereocenters. The van der Waals surface area contributed by atoms with Crippen LogP contribution in [0.3, 0.4) is 0 Å². The van der Waals surface area contributed by atoms with Crippen molar-refractivity contribution in [3.63, 3.8) is 0 Å². The molecule has 0 unspecified atom stereocenters. The van der Waals surface area contributed by atoms with Crippen LogP contribution in [-0.4, -0.2) is 50.2 Å². The summed E-state index contributed by atoms with van der Waals surface area (Å²) in [6.07, 6.45) is 1.18. The van der Waals surface area contributed by atoms with E-state index in [0.717, 1.165) is 19.6 Å². The Balaban J connectivity index is 1.27. The summed E-state index contributed by atoms with van der Waals surface area (Å²) in [7, 11) is 0. The predicted octanol–water partition coefficient (Wildman–Crippen LogP) is 3.05. The lowest BCUT2D eigenvalue weighted by molar-refractivity contribution is 0.0944. The zero-order chi connectivity index (χ0) is 17.9. The number of nitrogens with zero attached hydrogens (tertiary/aromatic N) is 1. The Morgan fingerprint density at radius 2 is 2.15 bits per heavy atom. The number of rotatable bonds is 5. The highest BCUT2D eigenvalue weighted by Crippen LogP contribution is 2.39. The zero-order valence-corrected chi connectivity index (χ0v) is 15.8. The van der Waals surface area contributed by atoms with Crippen molar-refractivity contribution in [2.24, 2.45) is 0 Å². The van der Waals surface area contributed by atoms with E-state index in [1.165, 1.54) is 28.9 Å². The summed E-state index contributed by atoms with van der Waals surface area (Å²) in [4.78, 5) is 15.5. The van der Waals surface area contributed by atoms with Gasteiger partial charge in [-0.05, 0) is 36.9 Å². The molecule has 1 aromatic carbocycles. The number of ether oxygens (including phenoxy) is 2. The Morgan fingerprint density at radius 1 is 1.31 bits per heavy atom. The second-order valence-corrected chi connectivity index (χ2v) is 7.73. The monoisotopic (exact) mass is 372 g/mol. The van der Waals surface area contributed by atoms with Crippen LogP contribution in [0.4, 0.5) is 0 Å². The molecular formula is C20H24N2O3S. The van der Waals surface area contributed by atoms with Crippen molar-refractivity contribution in [1.82, 2.24) is 10.2 Å². The summed E-state index contributed by atoms with van der Waals surface area (Å²) in [5.74, 6) is 1.81. The fraction of sp³-hybridized carbons (Fsp3) is 0.450. The van der Waals surface area contributed by atoms with E-state index in [4.69, 9.17) is 9.47 Å². The van der Waals surface area contributed by atoms with Gasteiger partial charge in [-0.2, -0.15) is 0 Å². The first-order valence-corrected chi connectivity index (χ1v) is 10.0. The molecule has 0 bridgehead atoms. The maximum absolute atomic E-state index is 12.4.